The number of piperidine rings is 1. The zero-order valence-corrected chi connectivity index (χ0v) is 19.8. The van der Waals surface area contributed by atoms with Crippen molar-refractivity contribution in [3.05, 3.63) is 62.4 Å². The van der Waals surface area contributed by atoms with Crippen molar-refractivity contribution in [1.82, 2.24) is 4.90 Å². The highest BCUT2D eigenvalue weighted by molar-refractivity contribution is 9.10. The van der Waals surface area contributed by atoms with Crippen LogP contribution in [0.4, 0.5) is 0 Å². The molecule has 0 amide bonds. The molecule has 32 heavy (non-hydrogen) atoms. The van der Waals surface area contributed by atoms with Crippen LogP contribution in [0.25, 0.3) is 22.1 Å². The monoisotopic (exact) mass is 499 g/mol. The van der Waals surface area contributed by atoms with Crippen LogP contribution in [0.1, 0.15) is 42.8 Å². The number of rotatable bonds is 5. The molecule has 0 unspecified atom stereocenters. The van der Waals surface area contributed by atoms with Gasteiger partial charge in [-0.2, -0.15) is 0 Å². The second kappa shape index (κ2) is 9.46. The molecule has 4 rings (SSSR count). The molecule has 1 N–H and O–H groups in total. The van der Waals surface area contributed by atoms with E-state index in [2.05, 4.69) is 27.8 Å². The molecule has 1 saturated heterocycles. The van der Waals surface area contributed by atoms with Gasteiger partial charge < -0.3 is 14.3 Å². The van der Waals surface area contributed by atoms with Gasteiger partial charge in [-0.05, 0) is 62.1 Å². The Morgan fingerprint density at radius 3 is 2.69 bits per heavy atom. The van der Waals surface area contributed by atoms with Crippen molar-refractivity contribution in [3.63, 3.8) is 0 Å². The van der Waals surface area contributed by atoms with Crippen molar-refractivity contribution in [2.24, 2.45) is 5.92 Å². The highest BCUT2D eigenvalue weighted by Gasteiger charge is 2.26. The highest BCUT2D eigenvalue weighted by atomic mass is 79.9. The van der Waals surface area contributed by atoms with Gasteiger partial charge in [-0.25, -0.2) is 4.79 Å². The molecular weight excluding hydrogens is 474 g/mol. The second-order valence-electron chi connectivity index (χ2n) is 8.29. The Kier molecular flexibility index (Phi) is 6.67. The molecule has 1 aliphatic rings. The van der Waals surface area contributed by atoms with E-state index < -0.39 is 5.97 Å². The number of fused-ring (bicyclic) bond motifs is 1. The van der Waals surface area contributed by atoms with E-state index in [9.17, 15) is 14.7 Å². The van der Waals surface area contributed by atoms with Gasteiger partial charge in [-0.3, -0.25) is 9.69 Å². The van der Waals surface area contributed by atoms with Crippen LogP contribution in [0, 0.1) is 5.92 Å². The number of esters is 1. The van der Waals surface area contributed by atoms with Crippen LogP contribution in [0.5, 0.6) is 5.75 Å². The van der Waals surface area contributed by atoms with Gasteiger partial charge in [0.25, 0.3) is 0 Å². The van der Waals surface area contributed by atoms with Gasteiger partial charge in [-0.1, -0.05) is 35.0 Å². The third-order valence-electron chi connectivity index (χ3n) is 5.86. The molecule has 1 aromatic heterocycles. The average Bonchev–Trinajstić information content (AvgIpc) is 2.76. The van der Waals surface area contributed by atoms with E-state index in [0.29, 0.717) is 29.0 Å². The van der Waals surface area contributed by atoms with Crippen molar-refractivity contribution in [2.75, 3.05) is 19.7 Å². The maximum Gasteiger partial charge on any atom is 0.375 e. The fraction of sp³-hybridized carbons (Fsp3) is 0.360. The summed E-state index contributed by atoms with van der Waals surface area (Å²) >= 11 is 3.39. The maximum atomic E-state index is 13.6. The maximum absolute atomic E-state index is 13.6. The molecule has 0 bridgehead atoms. The summed E-state index contributed by atoms with van der Waals surface area (Å²) in [6, 6.07) is 10.2. The number of aromatic hydroxyl groups is 1. The van der Waals surface area contributed by atoms with Gasteiger partial charge >= 0.3 is 5.97 Å². The summed E-state index contributed by atoms with van der Waals surface area (Å²) in [7, 11) is 0. The van der Waals surface area contributed by atoms with E-state index in [-0.39, 0.29) is 34.7 Å². The van der Waals surface area contributed by atoms with Crippen molar-refractivity contribution in [2.45, 2.75) is 33.2 Å². The number of ether oxygens (including phenoxy) is 1. The van der Waals surface area contributed by atoms with Crippen molar-refractivity contribution in [3.8, 4) is 16.9 Å². The van der Waals surface area contributed by atoms with Crippen molar-refractivity contribution < 1.29 is 19.1 Å². The second-order valence-corrected chi connectivity index (χ2v) is 9.20. The van der Waals surface area contributed by atoms with Gasteiger partial charge in [0.2, 0.25) is 11.2 Å². The number of carbonyl (C=O) groups is 1. The number of hydrogen-bond donors (Lipinski definition) is 1. The number of phenols is 1. The minimum Gasteiger partial charge on any atom is -0.507 e. The van der Waals surface area contributed by atoms with E-state index in [4.69, 9.17) is 9.15 Å². The summed E-state index contributed by atoms with van der Waals surface area (Å²) in [6.45, 7) is 6.31. The number of halogens is 1. The van der Waals surface area contributed by atoms with Crippen LogP contribution in [0.2, 0.25) is 0 Å². The number of hydrogen-bond acceptors (Lipinski definition) is 6. The third kappa shape index (κ3) is 4.45. The van der Waals surface area contributed by atoms with Crippen LogP contribution in [-0.4, -0.2) is 35.7 Å². The number of likely N-dealkylation sites (tertiary alicyclic amines) is 1. The van der Waals surface area contributed by atoms with Crippen LogP contribution in [0.15, 0.2) is 50.1 Å². The molecule has 3 aromatic rings. The van der Waals surface area contributed by atoms with Gasteiger partial charge in [-0.15, -0.1) is 0 Å². The molecule has 7 heteroatoms. The van der Waals surface area contributed by atoms with E-state index in [1.54, 1.807) is 37.3 Å². The zero-order chi connectivity index (χ0) is 22.8. The smallest absolute Gasteiger partial charge is 0.375 e. The first kappa shape index (κ1) is 22.6. The largest absolute Gasteiger partial charge is 0.507 e. The highest BCUT2D eigenvalue weighted by Crippen LogP contribution is 2.33. The number of phenolic OH excluding ortho intramolecular Hbond substituents is 1. The summed E-state index contributed by atoms with van der Waals surface area (Å²) in [5, 5.41) is 11.0. The molecule has 1 atom stereocenters. The molecule has 0 spiro atoms. The Balaban J connectivity index is 1.92. The lowest BCUT2D eigenvalue weighted by atomic mass is 9.98. The molecular formula is C25H26BrNO5. The molecule has 2 heterocycles. The average molecular weight is 500 g/mol. The molecule has 0 saturated carbocycles. The van der Waals surface area contributed by atoms with E-state index in [1.165, 1.54) is 12.5 Å². The molecule has 168 valence electrons. The van der Waals surface area contributed by atoms with Crippen LogP contribution >= 0.6 is 15.9 Å². The summed E-state index contributed by atoms with van der Waals surface area (Å²) in [5.41, 5.74) is 1.14. The Bertz CT molecular complexity index is 1200. The molecule has 0 aliphatic carbocycles. The first-order valence-electron chi connectivity index (χ1n) is 10.9. The molecule has 1 aliphatic heterocycles. The zero-order valence-electron chi connectivity index (χ0n) is 18.2. The number of nitrogens with zero attached hydrogens (tertiary/aromatic N) is 1. The fourth-order valence-electron chi connectivity index (χ4n) is 4.33. The SMILES string of the molecule is CCOC(=O)c1oc2c(CN3CCC[C@H](C)C3)c(O)ccc2c(=O)c1-c1ccc(Br)cc1. The standard InChI is InChI=1S/C25H26BrNO5/c1-3-31-25(30)24-21(16-6-8-17(26)9-7-16)22(29)18-10-11-20(28)19(23(18)32-24)14-27-12-4-5-15(2)13-27/h6-11,15,28H,3-5,12-14H2,1-2H3/t15-/m0/s1. The minimum atomic E-state index is -0.703. The third-order valence-corrected chi connectivity index (χ3v) is 6.38. The molecule has 6 nitrogen and oxygen atoms in total. The first-order chi connectivity index (χ1) is 15.4. The Hall–Kier alpha value is -2.64. The van der Waals surface area contributed by atoms with Crippen LogP contribution in [-0.2, 0) is 11.3 Å². The Labute approximate surface area is 194 Å². The lowest BCUT2D eigenvalue weighted by Gasteiger charge is -2.31. The first-order valence-corrected chi connectivity index (χ1v) is 11.7. The van der Waals surface area contributed by atoms with Crippen molar-refractivity contribution >= 4 is 32.9 Å². The van der Waals surface area contributed by atoms with Crippen LogP contribution in [0.3, 0.4) is 0 Å². The van der Waals surface area contributed by atoms with Gasteiger partial charge in [0.05, 0.1) is 23.1 Å². The Morgan fingerprint density at radius 2 is 2.00 bits per heavy atom. The predicted octanol–water partition coefficient (Wildman–Crippen LogP) is 5.34. The Morgan fingerprint density at radius 1 is 1.25 bits per heavy atom. The minimum absolute atomic E-state index is 0.0464. The topological polar surface area (TPSA) is 80.0 Å². The number of benzene rings is 2. The normalized spacial score (nSPS) is 16.9. The van der Waals surface area contributed by atoms with Gasteiger partial charge in [0.1, 0.15) is 11.3 Å². The summed E-state index contributed by atoms with van der Waals surface area (Å²) in [6.07, 6.45) is 2.26. The van der Waals surface area contributed by atoms with Crippen molar-refractivity contribution in [1.29, 1.82) is 0 Å². The number of carbonyl (C=O) groups excluding carboxylic acids is 1. The van der Waals surface area contributed by atoms with E-state index >= 15 is 0 Å². The quantitative estimate of drug-likeness (QED) is 0.477. The fourth-order valence-corrected chi connectivity index (χ4v) is 4.59. The summed E-state index contributed by atoms with van der Waals surface area (Å²) < 4.78 is 12.1. The predicted molar refractivity (Wildman–Crippen MR) is 127 cm³/mol. The molecule has 2 aromatic carbocycles. The lowest BCUT2D eigenvalue weighted by molar-refractivity contribution is 0.0492. The van der Waals surface area contributed by atoms with E-state index in [1.807, 2.05) is 0 Å². The van der Waals surface area contributed by atoms with Gasteiger partial charge in [0, 0.05) is 17.6 Å². The van der Waals surface area contributed by atoms with Crippen LogP contribution < -0.4 is 5.43 Å². The summed E-state index contributed by atoms with van der Waals surface area (Å²) in [5.74, 6) is -0.243. The summed E-state index contributed by atoms with van der Waals surface area (Å²) in [4.78, 5) is 28.6. The molecule has 0 radical (unpaired) electrons. The van der Waals surface area contributed by atoms with E-state index in [0.717, 1.165) is 24.0 Å². The molecule has 1 fully saturated rings. The van der Waals surface area contributed by atoms with Gasteiger partial charge in [0.15, 0.2) is 0 Å². The lowest BCUT2D eigenvalue weighted by Crippen LogP contribution is -2.33.